The molecule has 0 aliphatic carbocycles. The van der Waals surface area contributed by atoms with Crippen molar-refractivity contribution in [3.63, 3.8) is 0 Å². The Kier molecular flexibility index (Phi) is 3.98. The summed E-state index contributed by atoms with van der Waals surface area (Å²) < 4.78 is 5.97. The molecule has 1 aromatic carbocycles. The molecule has 2 atom stereocenters. The minimum atomic E-state index is 0.0151. The largest absolute Gasteiger partial charge is 0.488 e. The Bertz CT molecular complexity index is 322. The van der Waals surface area contributed by atoms with Crippen molar-refractivity contribution in [2.75, 3.05) is 0 Å². The van der Waals surface area contributed by atoms with E-state index in [9.17, 15) is 0 Å². The van der Waals surface area contributed by atoms with Gasteiger partial charge in [-0.25, -0.2) is 0 Å². The summed E-state index contributed by atoms with van der Waals surface area (Å²) in [5.74, 6) is 0.892. The number of hydrogen-bond acceptors (Lipinski definition) is 2. The molecule has 0 amide bonds. The Morgan fingerprint density at radius 3 is 2.00 bits per heavy atom. The summed E-state index contributed by atoms with van der Waals surface area (Å²) in [6.07, 6.45) is 0.0233. The van der Waals surface area contributed by atoms with Crippen LogP contribution in [0.2, 0.25) is 0 Å². The van der Waals surface area contributed by atoms with Gasteiger partial charge in [-0.05, 0) is 26.0 Å². The van der Waals surface area contributed by atoms with Gasteiger partial charge < -0.3 is 10.5 Å². The molecule has 0 aromatic heterocycles. The minimum Gasteiger partial charge on any atom is -0.488 e. The lowest BCUT2D eigenvalue weighted by molar-refractivity contribution is 0.0684. The second-order valence-corrected chi connectivity index (χ2v) is 5.58. The zero-order chi connectivity index (χ0) is 12.3. The van der Waals surface area contributed by atoms with Crippen molar-refractivity contribution in [1.29, 1.82) is 0 Å². The molecule has 0 radical (unpaired) electrons. The van der Waals surface area contributed by atoms with Gasteiger partial charge in [0.1, 0.15) is 11.9 Å². The molecule has 0 saturated heterocycles. The second-order valence-electron chi connectivity index (χ2n) is 5.58. The fourth-order valence-electron chi connectivity index (χ4n) is 1.84. The van der Waals surface area contributed by atoms with Gasteiger partial charge >= 0.3 is 0 Å². The van der Waals surface area contributed by atoms with E-state index in [4.69, 9.17) is 10.5 Å². The third kappa shape index (κ3) is 3.53. The van der Waals surface area contributed by atoms with Crippen molar-refractivity contribution in [2.24, 2.45) is 11.1 Å². The van der Waals surface area contributed by atoms with Crippen LogP contribution in [0.25, 0.3) is 0 Å². The van der Waals surface area contributed by atoms with Gasteiger partial charge in [0.15, 0.2) is 0 Å². The van der Waals surface area contributed by atoms with Crippen LogP contribution < -0.4 is 10.5 Å². The Morgan fingerprint density at radius 2 is 1.62 bits per heavy atom. The molecule has 90 valence electrons. The molecule has 2 unspecified atom stereocenters. The van der Waals surface area contributed by atoms with E-state index in [0.29, 0.717) is 0 Å². The van der Waals surface area contributed by atoms with E-state index in [0.717, 1.165) is 5.75 Å². The van der Waals surface area contributed by atoms with Crippen LogP contribution in [0.1, 0.15) is 33.3 Å². The molecule has 2 N–H and O–H groups in total. The monoisotopic (exact) mass is 221 g/mol. The first kappa shape index (κ1) is 13.0. The predicted octanol–water partition coefficient (Wildman–Crippen LogP) is 3.14. The van der Waals surface area contributed by atoms with Crippen LogP contribution in [0.3, 0.4) is 0 Å². The maximum absolute atomic E-state index is 5.98. The third-order valence-corrected chi connectivity index (χ3v) is 2.62. The van der Waals surface area contributed by atoms with E-state index >= 15 is 0 Å². The van der Waals surface area contributed by atoms with E-state index in [1.165, 1.54) is 5.56 Å². The molecule has 0 bridgehead atoms. The van der Waals surface area contributed by atoms with Crippen molar-refractivity contribution < 1.29 is 4.74 Å². The van der Waals surface area contributed by atoms with Crippen molar-refractivity contribution in [3.05, 3.63) is 29.8 Å². The van der Waals surface area contributed by atoms with E-state index in [1.807, 2.05) is 19.1 Å². The molecule has 0 fully saturated rings. The van der Waals surface area contributed by atoms with Crippen molar-refractivity contribution in [2.45, 2.75) is 46.8 Å². The van der Waals surface area contributed by atoms with Crippen LogP contribution >= 0.6 is 0 Å². The standard InChI is InChI=1S/C14H23NO/c1-10-6-8-12(9-7-10)16-13(11(2)15)14(3,4)5/h6-9,11,13H,15H2,1-5H3. The van der Waals surface area contributed by atoms with Crippen molar-refractivity contribution >= 4 is 0 Å². The van der Waals surface area contributed by atoms with E-state index in [-0.39, 0.29) is 17.6 Å². The number of nitrogens with two attached hydrogens (primary N) is 1. The molecule has 0 aliphatic heterocycles. The number of hydrogen-bond donors (Lipinski definition) is 1. The molecular formula is C14H23NO. The molecule has 16 heavy (non-hydrogen) atoms. The Morgan fingerprint density at radius 1 is 1.12 bits per heavy atom. The molecule has 0 saturated carbocycles. The Labute approximate surface area is 98.8 Å². The van der Waals surface area contributed by atoms with Gasteiger partial charge in [-0.15, -0.1) is 0 Å². The zero-order valence-electron chi connectivity index (χ0n) is 10.9. The highest BCUT2D eigenvalue weighted by atomic mass is 16.5. The summed E-state index contributed by atoms with van der Waals surface area (Å²) >= 11 is 0. The zero-order valence-corrected chi connectivity index (χ0v) is 10.9. The van der Waals surface area contributed by atoms with Crippen LogP contribution in [0.5, 0.6) is 5.75 Å². The van der Waals surface area contributed by atoms with Crippen LogP contribution in [-0.2, 0) is 0 Å². The molecular weight excluding hydrogens is 198 g/mol. The highest BCUT2D eigenvalue weighted by Crippen LogP contribution is 2.26. The lowest BCUT2D eigenvalue weighted by Gasteiger charge is -2.34. The first-order chi connectivity index (χ1) is 7.30. The second kappa shape index (κ2) is 4.88. The summed E-state index contributed by atoms with van der Waals surface area (Å²) in [6, 6.07) is 8.11. The van der Waals surface area contributed by atoms with Gasteiger partial charge in [0, 0.05) is 11.5 Å². The fourth-order valence-corrected chi connectivity index (χ4v) is 1.84. The predicted molar refractivity (Wildman–Crippen MR) is 68.7 cm³/mol. The molecule has 2 heteroatoms. The van der Waals surface area contributed by atoms with E-state index in [1.54, 1.807) is 0 Å². The Hall–Kier alpha value is -1.02. The summed E-state index contributed by atoms with van der Waals surface area (Å²) in [4.78, 5) is 0. The molecule has 1 rings (SSSR count). The van der Waals surface area contributed by atoms with Gasteiger partial charge in [-0.1, -0.05) is 38.5 Å². The Balaban J connectivity index is 2.80. The van der Waals surface area contributed by atoms with Gasteiger partial charge in [-0.2, -0.15) is 0 Å². The molecule has 0 heterocycles. The average molecular weight is 221 g/mol. The minimum absolute atomic E-state index is 0.0151. The third-order valence-electron chi connectivity index (χ3n) is 2.62. The van der Waals surface area contributed by atoms with Crippen LogP contribution in [0, 0.1) is 12.3 Å². The number of ether oxygens (including phenoxy) is 1. The van der Waals surface area contributed by atoms with E-state index < -0.39 is 0 Å². The summed E-state index contributed by atoms with van der Waals surface area (Å²) in [7, 11) is 0. The first-order valence-corrected chi connectivity index (χ1v) is 5.79. The first-order valence-electron chi connectivity index (χ1n) is 5.79. The van der Waals surface area contributed by atoms with Gasteiger partial charge in [-0.3, -0.25) is 0 Å². The quantitative estimate of drug-likeness (QED) is 0.851. The maximum Gasteiger partial charge on any atom is 0.119 e. The average Bonchev–Trinajstić information content (AvgIpc) is 2.14. The van der Waals surface area contributed by atoms with Crippen LogP contribution in [0.15, 0.2) is 24.3 Å². The lowest BCUT2D eigenvalue weighted by atomic mass is 9.85. The van der Waals surface area contributed by atoms with Gasteiger partial charge in [0.05, 0.1) is 0 Å². The topological polar surface area (TPSA) is 35.2 Å². The fraction of sp³-hybridized carbons (Fsp3) is 0.571. The van der Waals surface area contributed by atoms with Crippen LogP contribution in [-0.4, -0.2) is 12.1 Å². The SMILES string of the molecule is Cc1ccc(OC(C(C)N)C(C)(C)C)cc1. The van der Waals surface area contributed by atoms with Gasteiger partial charge in [0.25, 0.3) is 0 Å². The number of aryl methyl sites for hydroxylation is 1. The van der Waals surface area contributed by atoms with Gasteiger partial charge in [0.2, 0.25) is 0 Å². The molecule has 0 spiro atoms. The lowest BCUT2D eigenvalue weighted by Crippen LogP contribution is -2.45. The summed E-state index contributed by atoms with van der Waals surface area (Å²) in [6.45, 7) is 10.5. The normalized spacial score (nSPS) is 15.6. The highest BCUT2D eigenvalue weighted by molar-refractivity contribution is 5.26. The number of rotatable bonds is 3. The molecule has 2 nitrogen and oxygen atoms in total. The van der Waals surface area contributed by atoms with E-state index in [2.05, 4.69) is 39.8 Å². The maximum atomic E-state index is 5.98. The summed E-state index contributed by atoms with van der Waals surface area (Å²) in [5.41, 5.74) is 7.25. The van der Waals surface area contributed by atoms with Crippen LogP contribution in [0.4, 0.5) is 0 Å². The smallest absolute Gasteiger partial charge is 0.119 e. The molecule has 1 aromatic rings. The molecule has 0 aliphatic rings. The van der Waals surface area contributed by atoms with Crippen molar-refractivity contribution in [1.82, 2.24) is 0 Å². The summed E-state index contributed by atoms with van der Waals surface area (Å²) in [5, 5.41) is 0. The van der Waals surface area contributed by atoms with Crippen molar-refractivity contribution in [3.8, 4) is 5.75 Å². The highest BCUT2D eigenvalue weighted by Gasteiger charge is 2.29. The number of benzene rings is 1.